The normalized spacial score (nSPS) is 34.6. The van der Waals surface area contributed by atoms with Gasteiger partial charge < -0.3 is 33.7 Å². The van der Waals surface area contributed by atoms with Crippen LogP contribution < -0.4 is 19.5 Å². The van der Waals surface area contributed by atoms with Crippen molar-refractivity contribution >= 4 is 17.6 Å². The number of allylic oxidation sites excluding steroid dienone is 1. The Balaban J connectivity index is 1.38. The largest absolute Gasteiger partial charge is 0.493 e. The minimum absolute atomic E-state index is 0.0611. The summed E-state index contributed by atoms with van der Waals surface area (Å²) in [5.41, 5.74) is 0.387. The van der Waals surface area contributed by atoms with E-state index in [1.165, 1.54) is 28.4 Å². The molecule has 10 nitrogen and oxygen atoms in total. The van der Waals surface area contributed by atoms with Gasteiger partial charge >= 0.3 is 11.9 Å². The van der Waals surface area contributed by atoms with Crippen molar-refractivity contribution < 1.29 is 38.0 Å². The number of benzene rings is 2. The van der Waals surface area contributed by atoms with Crippen molar-refractivity contribution in [3.8, 4) is 17.2 Å². The van der Waals surface area contributed by atoms with Crippen LogP contribution in [0.25, 0.3) is 0 Å². The summed E-state index contributed by atoms with van der Waals surface area (Å²) >= 11 is 0. The number of esters is 2. The first-order chi connectivity index (χ1) is 19.8. The van der Waals surface area contributed by atoms with E-state index in [0.29, 0.717) is 36.6 Å². The van der Waals surface area contributed by atoms with Gasteiger partial charge in [-0.1, -0.05) is 29.8 Å². The average molecular weight is 563 g/mol. The second-order valence-electron chi connectivity index (χ2n) is 11.4. The predicted molar refractivity (Wildman–Crippen MR) is 147 cm³/mol. The number of hydrogen-bond donors (Lipinski definition) is 1. The minimum atomic E-state index is -1.24. The molecule has 4 aliphatic heterocycles. The molecule has 4 fully saturated rings. The van der Waals surface area contributed by atoms with E-state index in [0.717, 1.165) is 16.8 Å². The second-order valence-corrected chi connectivity index (χ2v) is 11.4. The van der Waals surface area contributed by atoms with Crippen molar-refractivity contribution in [1.29, 1.82) is 0 Å². The summed E-state index contributed by atoms with van der Waals surface area (Å²) in [6.45, 7) is 2.51. The fourth-order valence-electron chi connectivity index (χ4n) is 8.76. The highest BCUT2D eigenvalue weighted by atomic mass is 16.6. The zero-order valence-electron chi connectivity index (χ0n) is 23.8. The first-order valence-corrected chi connectivity index (χ1v) is 13.9. The van der Waals surface area contributed by atoms with E-state index in [1.54, 1.807) is 12.1 Å². The summed E-state index contributed by atoms with van der Waals surface area (Å²) in [6, 6.07) is 11.2. The van der Waals surface area contributed by atoms with Crippen LogP contribution in [0.15, 0.2) is 48.0 Å². The van der Waals surface area contributed by atoms with Crippen molar-refractivity contribution in [2.75, 3.05) is 46.9 Å². The molecular formula is C31H34N2O8. The van der Waals surface area contributed by atoms with Gasteiger partial charge in [-0.3, -0.25) is 9.69 Å². The van der Waals surface area contributed by atoms with E-state index < -0.39 is 28.5 Å². The number of ether oxygens (including phenoxy) is 6. The Morgan fingerprint density at radius 3 is 2.49 bits per heavy atom. The Kier molecular flexibility index (Phi) is 5.66. The van der Waals surface area contributed by atoms with Crippen molar-refractivity contribution in [2.24, 2.45) is 11.3 Å². The third-order valence-corrected chi connectivity index (χ3v) is 10.3. The molecule has 1 spiro atoms. The Hall–Kier alpha value is -3.76. The number of piperidine rings is 2. The molecule has 4 heterocycles. The summed E-state index contributed by atoms with van der Waals surface area (Å²) in [5.74, 6) is -0.188. The maximum atomic E-state index is 14.4. The van der Waals surface area contributed by atoms with Crippen LogP contribution in [0.4, 0.5) is 5.69 Å². The van der Waals surface area contributed by atoms with Gasteiger partial charge in [0.25, 0.3) is 0 Å². The number of carbonyl (C=O) groups excluding carboxylic acids is 2. The van der Waals surface area contributed by atoms with Gasteiger partial charge in [-0.25, -0.2) is 4.79 Å². The molecule has 6 unspecified atom stereocenters. The lowest BCUT2D eigenvalue weighted by atomic mass is 9.42. The molecule has 2 aromatic rings. The average Bonchev–Trinajstić information content (AvgIpc) is 3.62. The van der Waals surface area contributed by atoms with E-state index in [4.69, 9.17) is 28.4 Å². The summed E-state index contributed by atoms with van der Waals surface area (Å²) in [7, 11) is 5.88. The van der Waals surface area contributed by atoms with E-state index >= 15 is 0 Å². The van der Waals surface area contributed by atoms with E-state index in [-0.39, 0.29) is 30.4 Å². The van der Waals surface area contributed by atoms with E-state index in [1.807, 2.05) is 25.1 Å². The van der Waals surface area contributed by atoms with Gasteiger partial charge in [-0.05, 0) is 37.1 Å². The van der Waals surface area contributed by atoms with Crippen molar-refractivity contribution in [2.45, 2.75) is 43.2 Å². The van der Waals surface area contributed by atoms with E-state index in [2.05, 4.69) is 22.4 Å². The number of nitrogens with zero attached hydrogens (tertiary/aromatic N) is 1. The number of methoxy groups -OCH3 is 4. The van der Waals surface area contributed by atoms with Crippen LogP contribution in [0.1, 0.15) is 35.7 Å². The van der Waals surface area contributed by atoms with Crippen LogP contribution in [0.3, 0.4) is 0 Å². The molecule has 3 saturated heterocycles. The first kappa shape index (κ1) is 26.2. The quantitative estimate of drug-likeness (QED) is 0.398. The smallest absolute Gasteiger partial charge is 0.338 e. The number of fused-ring (bicyclic) bond motifs is 4. The van der Waals surface area contributed by atoms with Gasteiger partial charge in [0.05, 0.1) is 45.5 Å². The molecule has 0 aromatic heterocycles. The Bertz CT molecular complexity index is 1470. The molecule has 7 rings (SSSR count). The summed E-state index contributed by atoms with van der Waals surface area (Å²) in [6.07, 6.45) is 3.18. The molecule has 0 radical (unpaired) electrons. The van der Waals surface area contributed by atoms with Gasteiger partial charge in [0, 0.05) is 24.6 Å². The Morgan fingerprint density at radius 2 is 1.83 bits per heavy atom. The van der Waals surface area contributed by atoms with Crippen molar-refractivity contribution in [3.05, 3.63) is 59.2 Å². The van der Waals surface area contributed by atoms with Crippen molar-refractivity contribution in [1.82, 2.24) is 4.90 Å². The lowest BCUT2D eigenvalue weighted by molar-refractivity contribution is -0.191. The number of hydrogen-bond acceptors (Lipinski definition) is 10. The molecule has 1 aliphatic carbocycles. The number of nitrogens with one attached hydrogen (secondary N) is 1. The standard InChI is InChI=1S/C31H34N2O8/c1-6-17-15-33-24-13-20(17)29(28(35)39-5,16-40-27(34)18-11-22(36-2)26(38-4)23(12-18)37-3)30-14-25(33)41-31(24,30)32-21-10-8-7-9-19(21)30/h6-12,20,24-25,32H,13-16H2,1-5H3/b17-6+. The highest BCUT2D eigenvalue weighted by Crippen LogP contribution is 2.76. The number of para-hydroxylation sites is 1. The van der Waals surface area contributed by atoms with Gasteiger partial charge in [0.2, 0.25) is 5.75 Å². The monoisotopic (exact) mass is 562 g/mol. The van der Waals surface area contributed by atoms with Crippen LogP contribution in [0, 0.1) is 11.3 Å². The van der Waals surface area contributed by atoms with E-state index in [9.17, 15) is 9.59 Å². The highest BCUT2D eigenvalue weighted by Gasteiger charge is 2.87. The molecule has 10 heteroatoms. The maximum absolute atomic E-state index is 14.4. The molecule has 2 aromatic carbocycles. The molecule has 216 valence electrons. The molecule has 0 amide bonds. The molecule has 5 aliphatic rings. The van der Waals surface area contributed by atoms with Gasteiger partial charge in [0.1, 0.15) is 18.2 Å². The lowest BCUT2D eigenvalue weighted by Crippen LogP contribution is -2.78. The van der Waals surface area contributed by atoms with Crippen LogP contribution in [-0.4, -0.2) is 76.4 Å². The Labute approximate surface area is 238 Å². The van der Waals surface area contributed by atoms with Crippen LogP contribution in [0.5, 0.6) is 17.2 Å². The molecule has 4 bridgehead atoms. The Morgan fingerprint density at radius 1 is 1.10 bits per heavy atom. The SMILES string of the molecule is C/C=C1\CN2C3CC45c6ccccc6NC4(O3)C2CC1C5(COC(=O)c1cc(OC)c(OC)c(OC)c1)C(=O)OC. The van der Waals surface area contributed by atoms with Crippen LogP contribution in [-0.2, 0) is 24.4 Å². The molecule has 6 atom stereocenters. The molecular weight excluding hydrogens is 528 g/mol. The highest BCUT2D eigenvalue weighted by molar-refractivity contribution is 5.92. The first-order valence-electron chi connectivity index (χ1n) is 13.9. The molecule has 1 N–H and O–H groups in total. The van der Waals surface area contributed by atoms with Gasteiger partial charge in [-0.15, -0.1) is 0 Å². The van der Waals surface area contributed by atoms with Crippen molar-refractivity contribution in [3.63, 3.8) is 0 Å². The predicted octanol–water partition coefficient (Wildman–Crippen LogP) is 3.50. The lowest BCUT2D eigenvalue weighted by Gasteiger charge is -2.64. The maximum Gasteiger partial charge on any atom is 0.338 e. The van der Waals surface area contributed by atoms with Gasteiger partial charge in [0.15, 0.2) is 17.2 Å². The van der Waals surface area contributed by atoms with Crippen LogP contribution >= 0.6 is 0 Å². The third-order valence-electron chi connectivity index (χ3n) is 10.3. The third kappa shape index (κ3) is 2.94. The summed E-state index contributed by atoms with van der Waals surface area (Å²) < 4.78 is 35.0. The molecule has 1 saturated carbocycles. The fourth-order valence-corrected chi connectivity index (χ4v) is 8.76. The second kappa shape index (κ2) is 8.87. The van der Waals surface area contributed by atoms with Gasteiger partial charge in [-0.2, -0.15) is 0 Å². The molecule has 41 heavy (non-hydrogen) atoms. The zero-order chi connectivity index (χ0) is 28.7. The summed E-state index contributed by atoms with van der Waals surface area (Å²) in [5, 5.41) is 3.73. The fraction of sp³-hybridized carbons (Fsp3) is 0.484. The number of rotatable bonds is 7. The number of carbonyl (C=O) groups is 2. The zero-order valence-corrected chi connectivity index (χ0v) is 23.8. The summed E-state index contributed by atoms with van der Waals surface area (Å²) in [4.78, 5) is 30.5. The minimum Gasteiger partial charge on any atom is -0.493 e. The van der Waals surface area contributed by atoms with Crippen LogP contribution in [0.2, 0.25) is 0 Å². The topological polar surface area (TPSA) is 105 Å². The number of anilines is 1.